The molecule has 2 rings (SSSR count). The van der Waals surface area contributed by atoms with Crippen LogP contribution in [0.1, 0.15) is 18.1 Å². The summed E-state index contributed by atoms with van der Waals surface area (Å²) in [6, 6.07) is 9.40. The summed E-state index contributed by atoms with van der Waals surface area (Å²) in [6.07, 6.45) is 2.19. The van der Waals surface area contributed by atoms with Crippen LogP contribution in [0.3, 0.4) is 0 Å². The van der Waals surface area contributed by atoms with Crippen LogP contribution in [0.5, 0.6) is 0 Å². The van der Waals surface area contributed by atoms with Crippen molar-refractivity contribution in [1.82, 2.24) is 5.32 Å². The highest BCUT2D eigenvalue weighted by atomic mass is 16.5. The lowest BCUT2D eigenvalue weighted by molar-refractivity contribution is 0.0770. The zero-order chi connectivity index (χ0) is 10.5. The second-order valence-electron chi connectivity index (χ2n) is 4.10. The fourth-order valence-corrected chi connectivity index (χ4v) is 1.95. The van der Waals surface area contributed by atoms with Crippen LogP contribution >= 0.6 is 0 Å². The van der Waals surface area contributed by atoms with Crippen LogP contribution in [0, 0.1) is 0 Å². The van der Waals surface area contributed by atoms with E-state index in [0.717, 1.165) is 32.6 Å². The van der Waals surface area contributed by atoms with Gasteiger partial charge in [-0.2, -0.15) is 0 Å². The highest BCUT2D eigenvalue weighted by molar-refractivity contribution is 5.23. The molecule has 15 heavy (non-hydrogen) atoms. The van der Waals surface area contributed by atoms with Crippen molar-refractivity contribution in [2.24, 2.45) is 0 Å². The summed E-state index contributed by atoms with van der Waals surface area (Å²) in [7, 11) is 0. The van der Waals surface area contributed by atoms with Gasteiger partial charge >= 0.3 is 0 Å². The van der Waals surface area contributed by atoms with Gasteiger partial charge in [0.05, 0.1) is 13.2 Å². The zero-order valence-corrected chi connectivity index (χ0v) is 9.33. The van der Waals surface area contributed by atoms with Crippen molar-refractivity contribution in [2.45, 2.75) is 25.8 Å². The Kier molecular flexibility index (Phi) is 3.75. The third kappa shape index (κ3) is 3.05. The second-order valence-corrected chi connectivity index (χ2v) is 4.10. The van der Waals surface area contributed by atoms with E-state index in [1.807, 2.05) is 0 Å². The first-order valence-electron chi connectivity index (χ1n) is 5.77. The molecular formula is C13H19NO. The molecule has 0 aromatic heterocycles. The van der Waals surface area contributed by atoms with Crippen LogP contribution in [0.15, 0.2) is 24.3 Å². The van der Waals surface area contributed by atoms with Gasteiger partial charge in [0.15, 0.2) is 0 Å². The Balaban J connectivity index is 1.91. The van der Waals surface area contributed by atoms with Crippen molar-refractivity contribution >= 4 is 0 Å². The first-order chi connectivity index (χ1) is 7.38. The van der Waals surface area contributed by atoms with E-state index in [9.17, 15) is 0 Å². The van der Waals surface area contributed by atoms with Crippen LogP contribution in [0.4, 0.5) is 0 Å². The molecule has 1 aromatic rings. The number of morpholine rings is 1. The minimum absolute atomic E-state index is 0.492. The van der Waals surface area contributed by atoms with Crippen LogP contribution in [-0.2, 0) is 17.6 Å². The third-order valence-electron chi connectivity index (χ3n) is 2.91. The average molecular weight is 205 g/mol. The Morgan fingerprint density at radius 2 is 2.00 bits per heavy atom. The SMILES string of the molecule is CCc1ccc(CC2COCCN2)cc1. The zero-order valence-electron chi connectivity index (χ0n) is 9.33. The maximum atomic E-state index is 5.44. The number of hydrogen-bond donors (Lipinski definition) is 1. The second kappa shape index (κ2) is 5.29. The van der Waals surface area contributed by atoms with Crippen LogP contribution < -0.4 is 5.32 Å². The lowest BCUT2D eigenvalue weighted by Gasteiger charge is -2.23. The average Bonchev–Trinajstić information content (AvgIpc) is 2.31. The monoisotopic (exact) mass is 205 g/mol. The van der Waals surface area contributed by atoms with Gasteiger partial charge < -0.3 is 10.1 Å². The molecule has 2 nitrogen and oxygen atoms in total. The number of hydrogen-bond acceptors (Lipinski definition) is 2. The lowest BCUT2D eigenvalue weighted by Crippen LogP contribution is -2.42. The van der Waals surface area contributed by atoms with E-state index in [2.05, 4.69) is 36.5 Å². The van der Waals surface area contributed by atoms with E-state index >= 15 is 0 Å². The number of benzene rings is 1. The summed E-state index contributed by atoms with van der Waals surface area (Å²) < 4.78 is 5.44. The molecule has 1 aromatic carbocycles. The van der Waals surface area contributed by atoms with E-state index in [1.54, 1.807) is 0 Å². The molecule has 2 heteroatoms. The van der Waals surface area contributed by atoms with E-state index in [1.165, 1.54) is 11.1 Å². The number of rotatable bonds is 3. The molecule has 1 unspecified atom stereocenters. The maximum Gasteiger partial charge on any atom is 0.0623 e. The largest absolute Gasteiger partial charge is 0.379 e. The molecule has 0 spiro atoms. The van der Waals surface area contributed by atoms with Gasteiger partial charge in [-0.1, -0.05) is 31.2 Å². The Bertz CT molecular complexity index is 288. The van der Waals surface area contributed by atoms with Gasteiger partial charge in [0, 0.05) is 12.6 Å². The van der Waals surface area contributed by atoms with Gasteiger partial charge in [-0.15, -0.1) is 0 Å². The van der Waals surface area contributed by atoms with E-state index < -0.39 is 0 Å². The summed E-state index contributed by atoms with van der Waals surface area (Å²) in [5.74, 6) is 0. The molecule has 1 N–H and O–H groups in total. The molecule has 1 aliphatic heterocycles. The standard InChI is InChI=1S/C13H19NO/c1-2-11-3-5-12(6-4-11)9-13-10-15-8-7-14-13/h3-6,13-14H,2,7-10H2,1H3. The van der Waals surface area contributed by atoms with Crippen molar-refractivity contribution in [2.75, 3.05) is 19.8 Å². The lowest BCUT2D eigenvalue weighted by atomic mass is 10.0. The fourth-order valence-electron chi connectivity index (χ4n) is 1.95. The van der Waals surface area contributed by atoms with Crippen molar-refractivity contribution in [1.29, 1.82) is 0 Å². The smallest absolute Gasteiger partial charge is 0.0623 e. The summed E-state index contributed by atoms with van der Waals surface area (Å²) in [6.45, 7) is 4.87. The molecular weight excluding hydrogens is 186 g/mol. The normalized spacial score (nSPS) is 21.5. The van der Waals surface area contributed by atoms with Gasteiger partial charge in [-0.25, -0.2) is 0 Å². The Morgan fingerprint density at radius 1 is 1.27 bits per heavy atom. The van der Waals surface area contributed by atoms with E-state index in [-0.39, 0.29) is 0 Å². The molecule has 0 amide bonds. The molecule has 1 atom stereocenters. The minimum atomic E-state index is 0.492. The predicted octanol–water partition coefficient (Wildman–Crippen LogP) is 1.78. The van der Waals surface area contributed by atoms with Crippen molar-refractivity contribution in [3.8, 4) is 0 Å². The van der Waals surface area contributed by atoms with Gasteiger partial charge in [0.2, 0.25) is 0 Å². The van der Waals surface area contributed by atoms with Crippen LogP contribution in [0.2, 0.25) is 0 Å². The minimum Gasteiger partial charge on any atom is -0.379 e. The van der Waals surface area contributed by atoms with Gasteiger partial charge in [-0.05, 0) is 24.0 Å². The first-order valence-corrected chi connectivity index (χ1v) is 5.77. The molecule has 0 saturated carbocycles. The Labute approximate surface area is 91.6 Å². The van der Waals surface area contributed by atoms with Crippen molar-refractivity contribution < 1.29 is 4.74 Å². The van der Waals surface area contributed by atoms with Crippen molar-refractivity contribution in [3.05, 3.63) is 35.4 Å². The van der Waals surface area contributed by atoms with Gasteiger partial charge in [0.1, 0.15) is 0 Å². The van der Waals surface area contributed by atoms with Crippen molar-refractivity contribution in [3.63, 3.8) is 0 Å². The third-order valence-corrected chi connectivity index (χ3v) is 2.91. The fraction of sp³-hybridized carbons (Fsp3) is 0.538. The molecule has 1 saturated heterocycles. The predicted molar refractivity (Wildman–Crippen MR) is 62.1 cm³/mol. The maximum absolute atomic E-state index is 5.44. The first kappa shape index (κ1) is 10.7. The summed E-state index contributed by atoms with van der Waals surface area (Å²) in [5.41, 5.74) is 2.81. The summed E-state index contributed by atoms with van der Waals surface area (Å²) in [5, 5.41) is 3.47. The van der Waals surface area contributed by atoms with Gasteiger partial charge in [-0.3, -0.25) is 0 Å². The molecule has 82 valence electrons. The molecule has 1 aliphatic rings. The number of ether oxygens (including phenoxy) is 1. The molecule has 1 heterocycles. The Hall–Kier alpha value is -0.860. The quantitative estimate of drug-likeness (QED) is 0.812. The van der Waals surface area contributed by atoms with Gasteiger partial charge in [0.25, 0.3) is 0 Å². The van der Waals surface area contributed by atoms with E-state index in [4.69, 9.17) is 4.74 Å². The molecule has 0 radical (unpaired) electrons. The molecule has 0 bridgehead atoms. The van der Waals surface area contributed by atoms with E-state index in [0.29, 0.717) is 6.04 Å². The van der Waals surface area contributed by atoms with Crippen LogP contribution in [0.25, 0.3) is 0 Å². The summed E-state index contributed by atoms with van der Waals surface area (Å²) in [4.78, 5) is 0. The van der Waals surface area contributed by atoms with Crippen LogP contribution in [-0.4, -0.2) is 25.8 Å². The number of aryl methyl sites for hydroxylation is 1. The number of nitrogens with one attached hydrogen (secondary N) is 1. The summed E-state index contributed by atoms with van der Waals surface area (Å²) >= 11 is 0. The highest BCUT2D eigenvalue weighted by Gasteiger charge is 2.12. The Morgan fingerprint density at radius 3 is 2.60 bits per heavy atom. The molecule has 1 fully saturated rings. The highest BCUT2D eigenvalue weighted by Crippen LogP contribution is 2.08. The molecule has 0 aliphatic carbocycles. The topological polar surface area (TPSA) is 21.3 Å².